The van der Waals surface area contributed by atoms with E-state index in [1.165, 1.54) is 0 Å². The van der Waals surface area contributed by atoms with Gasteiger partial charge < -0.3 is 4.90 Å². The third-order valence-corrected chi connectivity index (χ3v) is 5.50. The highest BCUT2D eigenvalue weighted by Gasteiger charge is 2.24. The van der Waals surface area contributed by atoms with E-state index in [1.54, 1.807) is 36.4 Å². The summed E-state index contributed by atoms with van der Waals surface area (Å²) in [5.41, 5.74) is 1.32. The molecule has 0 unspecified atom stereocenters. The molecule has 1 N–H and O–H groups in total. The van der Waals surface area contributed by atoms with Crippen LogP contribution in [0.1, 0.15) is 6.92 Å². The van der Waals surface area contributed by atoms with Crippen LogP contribution in [0.2, 0.25) is 0 Å². The van der Waals surface area contributed by atoms with Crippen molar-refractivity contribution in [2.45, 2.75) is 11.8 Å². The fourth-order valence-corrected chi connectivity index (χ4v) is 3.88. The predicted molar refractivity (Wildman–Crippen MR) is 102 cm³/mol. The maximum Gasteiger partial charge on any atom is 0.263 e. The second-order valence-electron chi connectivity index (χ2n) is 5.88. The molecule has 8 heteroatoms. The van der Waals surface area contributed by atoms with Gasteiger partial charge in [-0.3, -0.25) is 9.71 Å². The van der Waals surface area contributed by atoms with Gasteiger partial charge in [0.25, 0.3) is 10.0 Å². The minimum Gasteiger partial charge on any atom is -0.310 e. The average Bonchev–Trinajstić information content (AvgIpc) is 3.07. The van der Waals surface area contributed by atoms with Crippen LogP contribution in [0.25, 0.3) is 11.0 Å². The first kappa shape index (κ1) is 16.5. The van der Waals surface area contributed by atoms with Gasteiger partial charge in [-0.1, -0.05) is 30.3 Å². The van der Waals surface area contributed by atoms with Crippen molar-refractivity contribution >= 4 is 38.5 Å². The van der Waals surface area contributed by atoms with Gasteiger partial charge in [0.2, 0.25) is 0 Å². The van der Waals surface area contributed by atoms with E-state index < -0.39 is 10.0 Å². The monoisotopic (exact) mass is 367 g/mol. The molecule has 0 radical (unpaired) electrons. The number of nitrogens with zero attached hydrogens (tertiary/aromatic N) is 4. The fraction of sp³-hybridized carbons (Fsp3) is 0.167. The lowest BCUT2D eigenvalue weighted by Gasteiger charge is -2.21. The van der Waals surface area contributed by atoms with Gasteiger partial charge in [-0.2, -0.15) is 0 Å². The number of anilines is 2. The van der Waals surface area contributed by atoms with Gasteiger partial charge in [0, 0.05) is 6.54 Å². The Labute approximate surface area is 151 Å². The Kier molecular flexibility index (Phi) is 4.04. The van der Waals surface area contributed by atoms with Crippen LogP contribution in [0.3, 0.4) is 0 Å². The second-order valence-corrected chi connectivity index (χ2v) is 7.57. The molecule has 4 rings (SSSR count). The highest BCUT2D eigenvalue weighted by Crippen LogP contribution is 2.28. The van der Waals surface area contributed by atoms with Gasteiger partial charge in [-0.25, -0.2) is 18.4 Å². The first-order chi connectivity index (χ1) is 12.5. The van der Waals surface area contributed by atoms with E-state index in [9.17, 15) is 8.42 Å². The van der Waals surface area contributed by atoms with E-state index in [-0.39, 0.29) is 10.7 Å². The summed E-state index contributed by atoms with van der Waals surface area (Å²) < 4.78 is 28.1. The number of rotatable bonds is 4. The van der Waals surface area contributed by atoms with Crippen LogP contribution >= 0.6 is 0 Å². The van der Waals surface area contributed by atoms with Crippen LogP contribution in [-0.4, -0.2) is 37.3 Å². The molecule has 0 fully saturated rings. The molecule has 3 aromatic rings. The smallest absolute Gasteiger partial charge is 0.263 e. The number of aromatic nitrogens is 2. The van der Waals surface area contributed by atoms with Crippen LogP contribution in [0.5, 0.6) is 0 Å². The molecule has 1 aromatic heterocycles. The first-order valence-electron chi connectivity index (χ1n) is 8.18. The molecule has 2 heterocycles. The molecule has 7 nitrogen and oxygen atoms in total. The van der Waals surface area contributed by atoms with Crippen molar-refractivity contribution in [3.8, 4) is 0 Å². The standard InChI is InChI=1S/C18H17N5O2S/c1-13-19-11-12-23(13)18-17(20-15-9-5-6-10-16(15)21-18)22-26(24,25)14-7-3-2-4-8-14/h2-10H,11-12H2,1H3,(H,20,22). The number of hydrogen-bond donors (Lipinski definition) is 1. The zero-order valence-corrected chi connectivity index (χ0v) is 14.9. The topological polar surface area (TPSA) is 87.6 Å². The van der Waals surface area contributed by atoms with E-state index in [1.807, 2.05) is 30.0 Å². The maximum absolute atomic E-state index is 12.8. The molecule has 0 amide bonds. The largest absolute Gasteiger partial charge is 0.310 e. The van der Waals surface area contributed by atoms with Crippen LogP contribution in [0.15, 0.2) is 64.5 Å². The number of hydrogen-bond acceptors (Lipinski definition) is 6. The van der Waals surface area contributed by atoms with Gasteiger partial charge in [0.1, 0.15) is 5.84 Å². The summed E-state index contributed by atoms with van der Waals surface area (Å²) in [6.07, 6.45) is 0. The molecule has 0 atom stereocenters. The molecule has 26 heavy (non-hydrogen) atoms. The van der Waals surface area contributed by atoms with E-state index in [4.69, 9.17) is 0 Å². The SMILES string of the molecule is CC1=NCCN1c1nc2ccccc2nc1NS(=O)(=O)c1ccccc1. The van der Waals surface area contributed by atoms with Crippen molar-refractivity contribution in [2.75, 3.05) is 22.7 Å². The van der Waals surface area contributed by atoms with Crippen LogP contribution in [-0.2, 0) is 10.0 Å². The Morgan fingerprint density at radius 1 is 0.962 bits per heavy atom. The number of sulfonamides is 1. The van der Waals surface area contributed by atoms with Gasteiger partial charge in [0.05, 0.1) is 22.5 Å². The summed E-state index contributed by atoms with van der Waals surface area (Å²) in [6, 6.07) is 15.6. The number of nitrogens with one attached hydrogen (secondary N) is 1. The highest BCUT2D eigenvalue weighted by atomic mass is 32.2. The van der Waals surface area contributed by atoms with Gasteiger partial charge in [0.15, 0.2) is 11.6 Å². The van der Waals surface area contributed by atoms with Gasteiger partial charge >= 0.3 is 0 Å². The highest BCUT2D eigenvalue weighted by molar-refractivity contribution is 7.92. The fourth-order valence-electron chi connectivity index (χ4n) is 2.85. The van der Waals surface area contributed by atoms with E-state index in [2.05, 4.69) is 19.7 Å². The first-order valence-corrected chi connectivity index (χ1v) is 9.66. The molecule has 132 valence electrons. The van der Waals surface area contributed by atoms with Crippen molar-refractivity contribution < 1.29 is 8.42 Å². The van der Waals surface area contributed by atoms with E-state index in [0.717, 1.165) is 5.84 Å². The van der Waals surface area contributed by atoms with Crippen molar-refractivity contribution in [2.24, 2.45) is 4.99 Å². The number of aliphatic imine (C=N–C) groups is 1. The zero-order chi connectivity index (χ0) is 18.1. The Bertz CT molecular complexity index is 1100. The average molecular weight is 367 g/mol. The van der Waals surface area contributed by atoms with E-state index >= 15 is 0 Å². The Hall–Kier alpha value is -3.00. The van der Waals surface area contributed by atoms with Crippen LogP contribution in [0.4, 0.5) is 11.6 Å². The summed E-state index contributed by atoms with van der Waals surface area (Å²) in [7, 11) is -3.77. The van der Waals surface area contributed by atoms with Gasteiger partial charge in [-0.15, -0.1) is 0 Å². The Morgan fingerprint density at radius 3 is 2.27 bits per heavy atom. The number of para-hydroxylation sites is 2. The molecule has 1 aliphatic heterocycles. The molecular formula is C18H17N5O2S. The molecule has 2 aromatic carbocycles. The second kappa shape index (κ2) is 6.38. The summed E-state index contributed by atoms with van der Waals surface area (Å²) >= 11 is 0. The molecule has 0 spiro atoms. The number of benzene rings is 2. The zero-order valence-electron chi connectivity index (χ0n) is 14.1. The summed E-state index contributed by atoms with van der Waals surface area (Å²) in [5, 5.41) is 0. The number of amidine groups is 1. The molecule has 0 saturated heterocycles. The molecule has 0 saturated carbocycles. The third-order valence-electron chi connectivity index (χ3n) is 4.15. The van der Waals surface area contributed by atoms with Crippen LogP contribution in [0, 0.1) is 0 Å². The van der Waals surface area contributed by atoms with Crippen LogP contribution < -0.4 is 9.62 Å². The summed E-state index contributed by atoms with van der Waals surface area (Å²) in [4.78, 5) is 15.6. The molecule has 1 aliphatic rings. The number of fused-ring (bicyclic) bond motifs is 1. The van der Waals surface area contributed by atoms with Crippen molar-refractivity contribution in [1.82, 2.24) is 9.97 Å². The quantitative estimate of drug-likeness (QED) is 0.766. The lowest BCUT2D eigenvalue weighted by atomic mass is 10.3. The molecule has 0 bridgehead atoms. The summed E-state index contributed by atoms with van der Waals surface area (Å²) in [5.74, 6) is 1.45. The van der Waals surface area contributed by atoms with Gasteiger partial charge in [-0.05, 0) is 31.2 Å². The lowest BCUT2D eigenvalue weighted by molar-refractivity contribution is 0.601. The lowest BCUT2D eigenvalue weighted by Crippen LogP contribution is -2.28. The Morgan fingerprint density at radius 2 is 1.62 bits per heavy atom. The normalized spacial score (nSPS) is 14.5. The van der Waals surface area contributed by atoms with Crippen molar-refractivity contribution in [1.29, 1.82) is 0 Å². The van der Waals surface area contributed by atoms with Crippen molar-refractivity contribution in [3.05, 3.63) is 54.6 Å². The van der Waals surface area contributed by atoms with E-state index in [0.29, 0.717) is 29.9 Å². The molecular weight excluding hydrogens is 350 g/mol. The predicted octanol–water partition coefficient (Wildman–Crippen LogP) is 2.67. The minimum absolute atomic E-state index is 0.174. The summed E-state index contributed by atoms with van der Waals surface area (Å²) in [6.45, 7) is 3.16. The Balaban J connectivity index is 1.84. The minimum atomic E-state index is -3.77. The molecule has 0 aliphatic carbocycles. The van der Waals surface area contributed by atoms with Crippen molar-refractivity contribution in [3.63, 3.8) is 0 Å². The third kappa shape index (κ3) is 2.99. The maximum atomic E-state index is 12.8.